The van der Waals surface area contributed by atoms with E-state index in [4.69, 9.17) is 0 Å². The van der Waals surface area contributed by atoms with Crippen molar-refractivity contribution < 1.29 is 4.79 Å². The molecule has 1 aliphatic carbocycles. The van der Waals surface area contributed by atoms with Crippen LogP contribution in [0.3, 0.4) is 0 Å². The fourth-order valence-corrected chi connectivity index (χ4v) is 2.77. The van der Waals surface area contributed by atoms with Crippen LogP contribution in [0.15, 0.2) is 54.9 Å². The Morgan fingerprint density at radius 1 is 1.27 bits per heavy atom. The molecule has 0 bridgehead atoms. The van der Waals surface area contributed by atoms with Gasteiger partial charge in [-0.1, -0.05) is 42.5 Å². The standard InChI is InChI=1S/C18H21N3O/c22-18(16-9-5-2-6-10-16)20-13-17-19-11-12-21(17)14-15-7-3-1-4-8-15/h1-5,7-8,11-12,16H,6,9-10,13-14H2,(H,20,22). The van der Waals surface area contributed by atoms with Crippen molar-refractivity contribution in [3.05, 3.63) is 66.3 Å². The average Bonchev–Trinajstić information content (AvgIpc) is 3.01. The quantitative estimate of drug-likeness (QED) is 0.862. The fourth-order valence-electron chi connectivity index (χ4n) is 2.77. The molecular weight excluding hydrogens is 274 g/mol. The topological polar surface area (TPSA) is 46.9 Å². The molecule has 114 valence electrons. The SMILES string of the molecule is O=C(NCc1nccn1Cc1ccccc1)C1CC=CCC1. The van der Waals surface area contributed by atoms with Crippen molar-refractivity contribution in [1.29, 1.82) is 0 Å². The van der Waals surface area contributed by atoms with E-state index < -0.39 is 0 Å². The zero-order valence-corrected chi connectivity index (χ0v) is 12.6. The molecular formula is C18H21N3O. The molecule has 1 amide bonds. The van der Waals surface area contributed by atoms with Gasteiger partial charge in [-0.15, -0.1) is 0 Å². The highest BCUT2D eigenvalue weighted by Gasteiger charge is 2.18. The molecule has 4 nitrogen and oxygen atoms in total. The molecule has 0 spiro atoms. The fraction of sp³-hybridized carbons (Fsp3) is 0.333. The summed E-state index contributed by atoms with van der Waals surface area (Å²) in [5, 5.41) is 3.02. The number of hydrogen-bond acceptors (Lipinski definition) is 2. The van der Waals surface area contributed by atoms with Crippen LogP contribution in [0.1, 0.15) is 30.7 Å². The Labute approximate surface area is 130 Å². The second-order valence-corrected chi connectivity index (χ2v) is 5.66. The number of carbonyl (C=O) groups is 1. The summed E-state index contributed by atoms with van der Waals surface area (Å²) in [7, 11) is 0. The molecule has 0 saturated heterocycles. The molecule has 22 heavy (non-hydrogen) atoms. The molecule has 1 unspecified atom stereocenters. The molecule has 1 atom stereocenters. The summed E-state index contributed by atoms with van der Waals surface area (Å²) in [6, 6.07) is 10.3. The van der Waals surface area contributed by atoms with E-state index in [2.05, 4.69) is 39.2 Å². The molecule has 0 aliphatic heterocycles. The van der Waals surface area contributed by atoms with Gasteiger partial charge in [0.2, 0.25) is 5.91 Å². The molecule has 0 radical (unpaired) electrons. The Morgan fingerprint density at radius 3 is 2.91 bits per heavy atom. The van der Waals surface area contributed by atoms with E-state index in [9.17, 15) is 4.79 Å². The number of imidazole rings is 1. The Bertz CT molecular complexity index is 645. The van der Waals surface area contributed by atoms with Crippen LogP contribution in [-0.4, -0.2) is 15.5 Å². The molecule has 1 aliphatic rings. The van der Waals surface area contributed by atoms with E-state index in [1.54, 1.807) is 6.20 Å². The predicted octanol–water partition coefficient (Wildman–Crippen LogP) is 2.90. The molecule has 4 heteroatoms. The summed E-state index contributed by atoms with van der Waals surface area (Å²) in [6.07, 6.45) is 10.8. The van der Waals surface area contributed by atoms with Gasteiger partial charge in [0.15, 0.2) is 0 Å². The van der Waals surface area contributed by atoms with E-state index in [-0.39, 0.29) is 11.8 Å². The maximum absolute atomic E-state index is 12.2. The minimum absolute atomic E-state index is 0.113. The van der Waals surface area contributed by atoms with Crippen molar-refractivity contribution in [2.45, 2.75) is 32.4 Å². The number of amides is 1. The summed E-state index contributed by atoms with van der Waals surface area (Å²) in [5.74, 6) is 1.14. The van der Waals surface area contributed by atoms with Crippen LogP contribution >= 0.6 is 0 Å². The van der Waals surface area contributed by atoms with Gasteiger partial charge >= 0.3 is 0 Å². The molecule has 1 heterocycles. The number of nitrogens with one attached hydrogen (secondary N) is 1. The van der Waals surface area contributed by atoms with Crippen molar-refractivity contribution in [2.24, 2.45) is 5.92 Å². The van der Waals surface area contributed by atoms with Crippen LogP contribution in [0, 0.1) is 5.92 Å². The molecule has 1 aromatic heterocycles. The van der Waals surface area contributed by atoms with E-state index >= 15 is 0 Å². The Hall–Kier alpha value is -2.36. The van der Waals surface area contributed by atoms with Crippen molar-refractivity contribution in [3.63, 3.8) is 0 Å². The highest BCUT2D eigenvalue weighted by Crippen LogP contribution is 2.18. The first-order chi connectivity index (χ1) is 10.8. The number of allylic oxidation sites excluding steroid dienone is 2. The van der Waals surface area contributed by atoms with Crippen molar-refractivity contribution in [3.8, 4) is 0 Å². The number of rotatable bonds is 5. The molecule has 3 rings (SSSR count). The van der Waals surface area contributed by atoms with Gasteiger partial charge in [-0.2, -0.15) is 0 Å². The lowest BCUT2D eigenvalue weighted by Gasteiger charge is -2.17. The lowest BCUT2D eigenvalue weighted by Crippen LogP contribution is -2.31. The van der Waals surface area contributed by atoms with Crippen molar-refractivity contribution in [1.82, 2.24) is 14.9 Å². The largest absolute Gasteiger partial charge is 0.349 e. The smallest absolute Gasteiger partial charge is 0.223 e. The second kappa shape index (κ2) is 7.07. The minimum atomic E-state index is 0.113. The number of aromatic nitrogens is 2. The molecule has 1 aromatic carbocycles. The number of carbonyl (C=O) groups excluding carboxylic acids is 1. The van der Waals surface area contributed by atoms with Gasteiger partial charge in [0, 0.05) is 24.9 Å². The molecule has 1 N–H and O–H groups in total. The average molecular weight is 295 g/mol. The van der Waals surface area contributed by atoms with E-state index in [0.717, 1.165) is 31.6 Å². The Kier molecular flexibility index (Phi) is 4.68. The van der Waals surface area contributed by atoms with Crippen LogP contribution in [0.4, 0.5) is 0 Å². The van der Waals surface area contributed by atoms with Crippen LogP contribution in [0.25, 0.3) is 0 Å². The lowest BCUT2D eigenvalue weighted by molar-refractivity contribution is -0.125. The van der Waals surface area contributed by atoms with Gasteiger partial charge in [0.05, 0.1) is 6.54 Å². The van der Waals surface area contributed by atoms with Gasteiger partial charge in [-0.25, -0.2) is 4.98 Å². The van der Waals surface area contributed by atoms with Crippen molar-refractivity contribution >= 4 is 5.91 Å². The van der Waals surface area contributed by atoms with Crippen LogP contribution in [0.2, 0.25) is 0 Å². The minimum Gasteiger partial charge on any atom is -0.349 e. The summed E-state index contributed by atoms with van der Waals surface area (Å²) >= 11 is 0. The van der Waals surface area contributed by atoms with Gasteiger partial charge in [0.1, 0.15) is 5.82 Å². The summed E-state index contributed by atoms with van der Waals surface area (Å²) in [4.78, 5) is 16.5. The van der Waals surface area contributed by atoms with Crippen LogP contribution in [0.5, 0.6) is 0 Å². The van der Waals surface area contributed by atoms with E-state index in [0.29, 0.717) is 6.54 Å². The number of benzene rings is 1. The summed E-state index contributed by atoms with van der Waals surface area (Å²) in [6.45, 7) is 1.26. The lowest BCUT2D eigenvalue weighted by atomic mass is 9.94. The highest BCUT2D eigenvalue weighted by molar-refractivity contribution is 5.78. The Morgan fingerprint density at radius 2 is 2.14 bits per heavy atom. The van der Waals surface area contributed by atoms with Gasteiger partial charge in [-0.3, -0.25) is 4.79 Å². The first-order valence-corrected chi connectivity index (χ1v) is 7.79. The van der Waals surface area contributed by atoms with E-state index in [1.165, 1.54) is 5.56 Å². The first-order valence-electron chi connectivity index (χ1n) is 7.79. The number of nitrogens with zero attached hydrogens (tertiary/aromatic N) is 2. The molecule has 0 fully saturated rings. The summed E-state index contributed by atoms with van der Waals surface area (Å²) in [5.41, 5.74) is 1.23. The molecule has 0 saturated carbocycles. The predicted molar refractivity (Wildman–Crippen MR) is 86.1 cm³/mol. The van der Waals surface area contributed by atoms with Gasteiger partial charge in [0.25, 0.3) is 0 Å². The monoisotopic (exact) mass is 295 g/mol. The zero-order chi connectivity index (χ0) is 15.2. The van der Waals surface area contributed by atoms with Gasteiger partial charge < -0.3 is 9.88 Å². The van der Waals surface area contributed by atoms with Crippen molar-refractivity contribution in [2.75, 3.05) is 0 Å². The Balaban J connectivity index is 1.58. The van der Waals surface area contributed by atoms with E-state index in [1.807, 2.05) is 24.4 Å². The second-order valence-electron chi connectivity index (χ2n) is 5.66. The van der Waals surface area contributed by atoms with Gasteiger partial charge in [-0.05, 0) is 24.8 Å². The third kappa shape index (κ3) is 3.64. The van der Waals surface area contributed by atoms with Crippen LogP contribution < -0.4 is 5.32 Å². The molecule has 2 aromatic rings. The first kappa shape index (κ1) is 14.6. The third-order valence-corrected chi connectivity index (χ3v) is 4.06. The maximum atomic E-state index is 12.2. The zero-order valence-electron chi connectivity index (χ0n) is 12.6. The highest BCUT2D eigenvalue weighted by atomic mass is 16.1. The normalized spacial score (nSPS) is 17.4. The number of hydrogen-bond donors (Lipinski definition) is 1. The maximum Gasteiger partial charge on any atom is 0.223 e. The summed E-state index contributed by atoms with van der Waals surface area (Å²) < 4.78 is 2.08. The third-order valence-electron chi connectivity index (χ3n) is 4.06. The van der Waals surface area contributed by atoms with Crippen LogP contribution in [-0.2, 0) is 17.9 Å².